The van der Waals surface area contributed by atoms with E-state index < -0.39 is 0 Å². The molecule has 0 bridgehead atoms. The number of benzene rings is 2. The number of nitrogens with zero attached hydrogens (tertiary/aromatic N) is 4. The summed E-state index contributed by atoms with van der Waals surface area (Å²) in [4.78, 5) is 2.01. The highest BCUT2D eigenvalue weighted by atomic mass is 32.2. The maximum Gasteiger partial charge on any atom is 0.234 e. The fourth-order valence-electron chi connectivity index (χ4n) is 2.89. The first-order valence-corrected chi connectivity index (χ1v) is 11.0. The van der Waals surface area contributed by atoms with Crippen molar-refractivity contribution < 1.29 is 4.74 Å². The fourth-order valence-corrected chi connectivity index (χ4v) is 4.48. The summed E-state index contributed by atoms with van der Waals surface area (Å²) in [6, 6.07) is 16.7. The third-order valence-electron chi connectivity index (χ3n) is 4.35. The number of hydrogen-bond donors (Lipinski definition) is 0. The van der Waals surface area contributed by atoms with E-state index in [2.05, 4.69) is 66.4 Å². The van der Waals surface area contributed by atoms with Crippen LogP contribution in [0, 0.1) is 6.92 Å². The van der Waals surface area contributed by atoms with Crippen molar-refractivity contribution in [3.63, 3.8) is 0 Å². The quantitative estimate of drug-likeness (QED) is 0.377. The van der Waals surface area contributed by atoms with Crippen molar-refractivity contribution >= 4 is 28.1 Å². The lowest BCUT2D eigenvalue weighted by atomic mass is 10.0. The Balaban J connectivity index is 1.47. The number of rotatable bonds is 7. The Labute approximate surface area is 172 Å². The summed E-state index contributed by atoms with van der Waals surface area (Å²) in [5.41, 5.74) is 2.41. The molecule has 0 saturated carbocycles. The molecule has 0 atom stereocenters. The molecule has 0 aliphatic rings. The van der Waals surface area contributed by atoms with Crippen LogP contribution in [0.15, 0.2) is 53.4 Å². The standard InChI is InChI=1S/C21H22N4OS2/c1-14(2)17-10-9-15(3)11-18(17)26-12-20-24-25-19(22-23-21(25)28-20)13-27-16-7-5-4-6-8-16/h4-11,14H,12-13H2,1-3H3. The zero-order valence-electron chi connectivity index (χ0n) is 16.1. The highest BCUT2D eigenvalue weighted by Crippen LogP contribution is 2.29. The minimum Gasteiger partial charge on any atom is -0.486 e. The van der Waals surface area contributed by atoms with Crippen LogP contribution in [0.2, 0.25) is 0 Å². The molecule has 0 N–H and O–H groups in total. The van der Waals surface area contributed by atoms with Crippen molar-refractivity contribution in [1.82, 2.24) is 19.8 Å². The van der Waals surface area contributed by atoms with Gasteiger partial charge in [0.2, 0.25) is 4.96 Å². The minimum absolute atomic E-state index is 0.412. The third-order valence-corrected chi connectivity index (χ3v) is 6.23. The zero-order valence-corrected chi connectivity index (χ0v) is 17.8. The molecule has 5 nitrogen and oxygen atoms in total. The molecular formula is C21H22N4OS2. The van der Waals surface area contributed by atoms with Crippen molar-refractivity contribution in [1.29, 1.82) is 0 Å². The first-order chi connectivity index (χ1) is 13.6. The molecule has 7 heteroatoms. The lowest BCUT2D eigenvalue weighted by Gasteiger charge is -2.14. The molecule has 0 aliphatic carbocycles. The van der Waals surface area contributed by atoms with Gasteiger partial charge in [0.15, 0.2) is 10.8 Å². The van der Waals surface area contributed by atoms with Gasteiger partial charge in [-0.1, -0.05) is 55.5 Å². The second-order valence-electron chi connectivity index (χ2n) is 6.89. The van der Waals surface area contributed by atoms with Gasteiger partial charge in [-0.05, 0) is 42.2 Å². The maximum atomic E-state index is 6.11. The Kier molecular flexibility index (Phi) is 5.64. The average Bonchev–Trinajstić information content (AvgIpc) is 3.26. The predicted molar refractivity (Wildman–Crippen MR) is 114 cm³/mol. The molecule has 0 radical (unpaired) electrons. The zero-order chi connectivity index (χ0) is 19.5. The van der Waals surface area contributed by atoms with Crippen molar-refractivity contribution in [3.05, 3.63) is 70.5 Å². The topological polar surface area (TPSA) is 52.3 Å². The van der Waals surface area contributed by atoms with Gasteiger partial charge in [0, 0.05) is 4.90 Å². The Morgan fingerprint density at radius 3 is 2.71 bits per heavy atom. The Morgan fingerprint density at radius 2 is 1.93 bits per heavy atom. The van der Waals surface area contributed by atoms with Gasteiger partial charge >= 0.3 is 0 Å². The van der Waals surface area contributed by atoms with Gasteiger partial charge in [-0.2, -0.15) is 9.61 Å². The van der Waals surface area contributed by atoms with E-state index in [-0.39, 0.29) is 0 Å². The van der Waals surface area contributed by atoms with Gasteiger partial charge in [0.25, 0.3) is 0 Å². The summed E-state index contributed by atoms with van der Waals surface area (Å²) in [6.45, 7) is 6.87. The molecule has 2 aromatic heterocycles. The first-order valence-electron chi connectivity index (χ1n) is 9.21. The average molecular weight is 411 g/mol. The summed E-state index contributed by atoms with van der Waals surface area (Å²) < 4.78 is 7.95. The highest BCUT2D eigenvalue weighted by molar-refractivity contribution is 7.98. The number of fused-ring (bicyclic) bond motifs is 1. The van der Waals surface area contributed by atoms with Crippen molar-refractivity contribution in [3.8, 4) is 5.75 Å². The van der Waals surface area contributed by atoms with E-state index in [1.807, 2.05) is 22.7 Å². The Hall–Kier alpha value is -2.38. The highest BCUT2D eigenvalue weighted by Gasteiger charge is 2.14. The Morgan fingerprint density at radius 1 is 1.11 bits per heavy atom. The fraction of sp³-hybridized carbons (Fsp3) is 0.286. The molecule has 0 fully saturated rings. The lowest BCUT2D eigenvalue weighted by molar-refractivity contribution is 0.299. The van der Waals surface area contributed by atoms with Crippen LogP contribution in [0.25, 0.3) is 4.96 Å². The summed E-state index contributed by atoms with van der Waals surface area (Å²) in [7, 11) is 0. The second-order valence-corrected chi connectivity index (χ2v) is 8.98. The lowest BCUT2D eigenvalue weighted by Crippen LogP contribution is -2.01. The van der Waals surface area contributed by atoms with E-state index in [9.17, 15) is 0 Å². The van der Waals surface area contributed by atoms with Crippen molar-refractivity contribution in [2.24, 2.45) is 0 Å². The van der Waals surface area contributed by atoms with Crippen LogP contribution >= 0.6 is 23.1 Å². The summed E-state index contributed by atoms with van der Waals surface area (Å²) in [5.74, 6) is 2.92. The van der Waals surface area contributed by atoms with E-state index in [1.54, 1.807) is 11.8 Å². The van der Waals surface area contributed by atoms with Gasteiger partial charge in [-0.3, -0.25) is 0 Å². The molecular weight excluding hydrogens is 388 g/mol. The molecule has 0 spiro atoms. The van der Waals surface area contributed by atoms with E-state index in [4.69, 9.17) is 4.74 Å². The van der Waals surface area contributed by atoms with Crippen molar-refractivity contribution in [2.45, 2.75) is 43.9 Å². The van der Waals surface area contributed by atoms with E-state index >= 15 is 0 Å². The van der Waals surface area contributed by atoms with E-state index in [0.29, 0.717) is 12.5 Å². The van der Waals surface area contributed by atoms with Crippen LogP contribution in [0.3, 0.4) is 0 Å². The molecule has 0 amide bonds. The second kappa shape index (κ2) is 8.32. The molecule has 2 aromatic carbocycles. The molecule has 0 unspecified atom stereocenters. The van der Waals surface area contributed by atoms with Gasteiger partial charge in [-0.25, -0.2) is 0 Å². The molecule has 4 aromatic rings. The van der Waals surface area contributed by atoms with Crippen LogP contribution in [0.5, 0.6) is 5.75 Å². The third kappa shape index (κ3) is 4.20. The van der Waals surface area contributed by atoms with E-state index in [0.717, 1.165) is 27.3 Å². The van der Waals surface area contributed by atoms with Crippen LogP contribution in [-0.2, 0) is 12.4 Å². The van der Waals surface area contributed by atoms with Gasteiger partial charge in [0.1, 0.15) is 12.4 Å². The largest absolute Gasteiger partial charge is 0.486 e. The molecule has 144 valence electrons. The van der Waals surface area contributed by atoms with Crippen LogP contribution < -0.4 is 4.74 Å². The molecule has 0 saturated heterocycles. The van der Waals surface area contributed by atoms with Crippen LogP contribution in [0.4, 0.5) is 0 Å². The number of aryl methyl sites for hydroxylation is 1. The summed E-state index contributed by atoms with van der Waals surface area (Å²) in [5, 5.41) is 14.1. The number of hydrogen-bond acceptors (Lipinski definition) is 6. The SMILES string of the molecule is Cc1ccc(C(C)C)c(OCc2nn3c(CSc4ccccc4)nnc3s2)c1. The van der Waals surface area contributed by atoms with Gasteiger partial charge in [-0.15, -0.1) is 22.0 Å². The van der Waals surface area contributed by atoms with E-state index in [1.165, 1.54) is 27.4 Å². The molecule has 0 aliphatic heterocycles. The van der Waals surface area contributed by atoms with Gasteiger partial charge in [0.05, 0.1) is 5.75 Å². The molecule has 28 heavy (non-hydrogen) atoms. The molecule has 2 heterocycles. The normalized spacial score (nSPS) is 11.4. The monoisotopic (exact) mass is 410 g/mol. The predicted octanol–water partition coefficient (Wildman–Crippen LogP) is 5.49. The maximum absolute atomic E-state index is 6.11. The number of ether oxygens (including phenoxy) is 1. The number of thioether (sulfide) groups is 1. The Bertz CT molecular complexity index is 1070. The first kappa shape index (κ1) is 19.0. The smallest absolute Gasteiger partial charge is 0.234 e. The minimum atomic E-state index is 0.412. The number of aromatic nitrogens is 4. The summed E-state index contributed by atoms with van der Waals surface area (Å²) >= 11 is 3.25. The van der Waals surface area contributed by atoms with Crippen LogP contribution in [-0.4, -0.2) is 19.8 Å². The molecule has 4 rings (SSSR count). The van der Waals surface area contributed by atoms with Crippen molar-refractivity contribution in [2.75, 3.05) is 0 Å². The van der Waals surface area contributed by atoms with Crippen LogP contribution in [0.1, 0.15) is 41.7 Å². The van der Waals surface area contributed by atoms with Gasteiger partial charge < -0.3 is 4.74 Å². The summed E-state index contributed by atoms with van der Waals surface area (Å²) in [6.07, 6.45) is 0.